The number of benzene rings is 1. The lowest BCUT2D eigenvalue weighted by Crippen LogP contribution is -2.33. The van der Waals surface area contributed by atoms with Crippen molar-refractivity contribution >= 4 is 44.4 Å². The molecule has 1 aromatic carbocycles. The summed E-state index contributed by atoms with van der Waals surface area (Å²) in [5.74, 6) is 0.240. The van der Waals surface area contributed by atoms with Gasteiger partial charge in [-0.1, -0.05) is 0 Å². The fraction of sp³-hybridized carbons (Fsp3) is 0.350. The van der Waals surface area contributed by atoms with E-state index in [4.69, 9.17) is 0 Å². The predicted molar refractivity (Wildman–Crippen MR) is 116 cm³/mol. The second-order valence-corrected chi connectivity index (χ2v) is 11.0. The lowest BCUT2D eigenvalue weighted by molar-refractivity contribution is 0.265. The summed E-state index contributed by atoms with van der Waals surface area (Å²) < 4.78 is 39.0. The Morgan fingerprint density at radius 1 is 1.30 bits per heavy atom. The molecule has 7 nitrogen and oxygen atoms in total. The van der Waals surface area contributed by atoms with Gasteiger partial charge in [-0.2, -0.15) is 5.10 Å². The molecule has 0 spiro atoms. The van der Waals surface area contributed by atoms with E-state index < -0.39 is 15.4 Å². The summed E-state index contributed by atoms with van der Waals surface area (Å²) in [4.78, 5) is 17.0. The zero-order valence-corrected chi connectivity index (χ0v) is 18.4. The molecule has 0 radical (unpaired) electrons. The van der Waals surface area contributed by atoms with Crippen LogP contribution in [0.15, 0.2) is 34.2 Å². The highest BCUT2D eigenvalue weighted by Gasteiger charge is 2.41. The minimum atomic E-state index is -3.08. The molecule has 1 atom stereocenters. The zero-order chi connectivity index (χ0) is 21.7. The molecule has 0 bridgehead atoms. The summed E-state index contributed by atoms with van der Waals surface area (Å²) in [7, 11) is -3.08. The van der Waals surface area contributed by atoms with Crippen molar-refractivity contribution in [2.24, 2.45) is 4.99 Å². The van der Waals surface area contributed by atoms with E-state index in [0.29, 0.717) is 22.8 Å². The van der Waals surface area contributed by atoms with E-state index in [2.05, 4.69) is 15.4 Å². The van der Waals surface area contributed by atoms with Crippen LogP contribution in [0.1, 0.15) is 30.3 Å². The maximum atomic E-state index is 13.1. The molecular weight excluding hydrogens is 427 g/mol. The number of sulfone groups is 1. The summed E-state index contributed by atoms with van der Waals surface area (Å²) in [6.07, 6.45) is 2.35. The summed E-state index contributed by atoms with van der Waals surface area (Å²) in [5.41, 5.74) is 2.33. The maximum Gasteiger partial charge on any atom is 0.289 e. The number of halogens is 1. The fourth-order valence-corrected chi connectivity index (χ4v) is 6.67. The van der Waals surface area contributed by atoms with E-state index in [1.165, 1.54) is 24.3 Å². The minimum absolute atomic E-state index is 0.0596. The largest absolute Gasteiger partial charge is 0.300 e. The highest BCUT2D eigenvalue weighted by molar-refractivity contribution is 8.18. The van der Waals surface area contributed by atoms with Crippen molar-refractivity contribution in [1.82, 2.24) is 15.1 Å². The predicted octanol–water partition coefficient (Wildman–Crippen LogP) is 3.70. The van der Waals surface area contributed by atoms with Gasteiger partial charge in [-0.15, -0.1) is 0 Å². The first-order valence-corrected chi connectivity index (χ1v) is 12.0. The number of rotatable bonds is 3. The number of thioether (sulfide) groups is 1. The molecule has 1 amide bonds. The summed E-state index contributed by atoms with van der Waals surface area (Å²) in [6.45, 7) is 5.66. The number of nitrogens with one attached hydrogen (secondary N) is 1. The van der Waals surface area contributed by atoms with E-state index in [-0.39, 0.29) is 22.6 Å². The Morgan fingerprint density at radius 2 is 2.00 bits per heavy atom. The number of aromatic nitrogens is 2. The molecule has 0 saturated carbocycles. The van der Waals surface area contributed by atoms with Crippen LogP contribution in [0.5, 0.6) is 0 Å². The molecule has 0 aliphatic carbocycles. The van der Waals surface area contributed by atoms with Crippen LogP contribution in [0.25, 0.3) is 6.08 Å². The molecule has 2 aliphatic rings. The lowest BCUT2D eigenvalue weighted by Gasteiger charge is -2.24. The van der Waals surface area contributed by atoms with E-state index in [1.807, 2.05) is 26.8 Å². The van der Waals surface area contributed by atoms with Crippen molar-refractivity contribution in [3.05, 3.63) is 51.9 Å². The van der Waals surface area contributed by atoms with Crippen LogP contribution in [0.2, 0.25) is 0 Å². The molecule has 2 aliphatic heterocycles. The van der Waals surface area contributed by atoms with Gasteiger partial charge in [0, 0.05) is 11.3 Å². The number of hydrogen-bond donors (Lipinski definition) is 1. The Morgan fingerprint density at radius 3 is 2.63 bits per heavy atom. The SMILES string of the molecule is Cc1nn([C@]2(C)CCS(=O)(=O)C2)c(C)c1/C=C1\SC(=O)NC1=Nc1ccc(F)cc1. The molecule has 30 heavy (non-hydrogen) atoms. The van der Waals surface area contributed by atoms with E-state index in [0.717, 1.165) is 28.7 Å². The van der Waals surface area contributed by atoms with Gasteiger partial charge in [0.15, 0.2) is 9.84 Å². The Labute approximate surface area is 178 Å². The van der Waals surface area contributed by atoms with Gasteiger partial charge in [0.25, 0.3) is 5.24 Å². The van der Waals surface area contributed by atoms with Gasteiger partial charge in [0.2, 0.25) is 0 Å². The molecule has 2 aromatic rings. The molecule has 2 fully saturated rings. The molecule has 3 heterocycles. The van der Waals surface area contributed by atoms with Gasteiger partial charge in [0.05, 0.1) is 33.3 Å². The lowest BCUT2D eigenvalue weighted by atomic mass is 10.0. The van der Waals surface area contributed by atoms with Crippen molar-refractivity contribution in [2.75, 3.05) is 11.5 Å². The van der Waals surface area contributed by atoms with Gasteiger partial charge < -0.3 is 5.32 Å². The van der Waals surface area contributed by atoms with Gasteiger partial charge in [-0.05, 0) is 69.3 Å². The number of carbonyl (C=O) groups is 1. The van der Waals surface area contributed by atoms with Crippen molar-refractivity contribution < 1.29 is 17.6 Å². The second kappa shape index (κ2) is 7.35. The normalized spacial score (nSPS) is 25.9. The first-order chi connectivity index (χ1) is 14.1. The smallest absolute Gasteiger partial charge is 0.289 e. The Kier molecular flexibility index (Phi) is 5.09. The zero-order valence-electron chi connectivity index (χ0n) is 16.8. The first kappa shape index (κ1) is 20.8. The summed E-state index contributed by atoms with van der Waals surface area (Å²) in [5, 5.41) is 7.08. The molecule has 1 N–H and O–H groups in total. The molecule has 10 heteroatoms. The quantitative estimate of drug-likeness (QED) is 0.773. The van der Waals surface area contributed by atoms with Crippen LogP contribution in [0.3, 0.4) is 0 Å². The van der Waals surface area contributed by atoms with Crippen LogP contribution < -0.4 is 5.32 Å². The Balaban J connectivity index is 1.73. The van der Waals surface area contributed by atoms with Gasteiger partial charge in [0.1, 0.15) is 11.7 Å². The fourth-order valence-electron chi connectivity index (χ4n) is 3.84. The van der Waals surface area contributed by atoms with Crippen molar-refractivity contribution in [2.45, 2.75) is 32.7 Å². The van der Waals surface area contributed by atoms with Crippen LogP contribution in [-0.4, -0.2) is 40.8 Å². The van der Waals surface area contributed by atoms with Crippen LogP contribution >= 0.6 is 11.8 Å². The molecule has 1 aromatic heterocycles. The second-order valence-electron chi connectivity index (χ2n) is 7.80. The number of carbonyl (C=O) groups excluding carboxylic acids is 1. The summed E-state index contributed by atoms with van der Waals surface area (Å²) in [6, 6.07) is 5.68. The molecular formula is C20H21FN4O3S2. The van der Waals surface area contributed by atoms with Gasteiger partial charge in [-0.25, -0.2) is 17.8 Å². The topological polar surface area (TPSA) is 93.4 Å². The van der Waals surface area contributed by atoms with Crippen LogP contribution in [-0.2, 0) is 15.4 Å². The van der Waals surface area contributed by atoms with Gasteiger partial charge >= 0.3 is 0 Å². The molecule has 2 saturated heterocycles. The monoisotopic (exact) mass is 448 g/mol. The third kappa shape index (κ3) is 3.93. The molecule has 0 unspecified atom stereocenters. The van der Waals surface area contributed by atoms with Crippen LogP contribution in [0, 0.1) is 19.7 Å². The number of hydrogen-bond acceptors (Lipinski definition) is 6. The number of amides is 1. The summed E-state index contributed by atoms with van der Waals surface area (Å²) >= 11 is 1.02. The number of aryl methyl sites for hydroxylation is 1. The van der Waals surface area contributed by atoms with Crippen molar-refractivity contribution in [3.8, 4) is 0 Å². The number of amidine groups is 1. The van der Waals surface area contributed by atoms with E-state index >= 15 is 0 Å². The maximum absolute atomic E-state index is 13.1. The Hall–Kier alpha value is -2.46. The van der Waals surface area contributed by atoms with Crippen molar-refractivity contribution in [3.63, 3.8) is 0 Å². The third-order valence-electron chi connectivity index (χ3n) is 5.34. The molecule has 4 rings (SSSR count). The third-order valence-corrected chi connectivity index (χ3v) is 8.05. The molecule has 158 valence electrons. The van der Waals surface area contributed by atoms with E-state index in [1.54, 1.807) is 4.68 Å². The average molecular weight is 449 g/mol. The first-order valence-electron chi connectivity index (χ1n) is 9.39. The highest BCUT2D eigenvalue weighted by atomic mass is 32.2. The average Bonchev–Trinajstić information content (AvgIpc) is 3.26. The number of aliphatic imine (C=N–C) groups is 1. The van der Waals surface area contributed by atoms with Crippen molar-refractivity contribution in [1.29, 1.82) is 0 Å². The van der Waals surface area contributed by atoms with Gasteiger partial charge in [-0.3, -0.25) is 9.48 Å². The standard InChI is InChI=1S/C20H21FN4O3S2/c1-12-16(13(2)25(24-12)20(3)8-9-30(27,28)11-20)10-17-18(23-19(26)29-17)22-15-6-4-14(21)5-7-15/h4-7,10H,8-9,11H2,1-3H3,(H,22,23,26)/b17-10-/t20-/m1/s1. The Bertz CT molecular complexity index is 1200. The minimum Gasteiger partial charge on any atom is -0.300 e. The van der Waals surface area contributed by atoms with E-state index in [9.17, 15) is 17.6 Å². The van der Waals surface area contributed by atoms with Crippen LogP contribution in [0.4, 0.5) is 14.9 Å². The highest BCUT2D eigenvalue weighted by Crippen LogP contribution is 2.35. The number of nitrogens with zero attached hydrogens (tertiary/aromatic N) is 3.